The summed E-state index contributed by atoms with van der Waals surface area (Å²) in [4.78, 5) is 13.4. The first-order chi connectivity index (χ1) is 7.96. The van der Waals surface area contributed by atoms with Gasteiger partial charge in [0.25, 0.3) is 0 Å². The van der Waals surface area contributed by atoms with Crippen molar-refractivity contribution in [1.29, 1.82) is 0 Å². The van der Waals surface area contributed by atoms with Crippen LogP contribution in [0.3, 0.4) is 0 Å². The summed E-state index contributed by atoms with van der Waals surface area (Å²) in [6, 6.07) is 6.04. The van der Waals surface area contributed by atoms with Gasteiger partial charge in [-0.15, -0.1) is 0 Å². The summed E-state index contributed by atoms with van der Waals surface area (Å²) in [5.41, 5.74) is -0.511. The lowest BCUT2D eigenvalue weighted by Crippen LogP contribution is -2.61. The quantitative estimate of drug-likeness (QED) is 0.820. The van der Waals surface area contributed by atoms with E-state index in [1.54, 1.807) is 24.0 Å². The minimum atomic E-state index is -0.696. The largest absolute Gasteiger partial charge is 0.388 e. The van der Waals surface area contributed by atoms with Crippen LogP contribution in [0.5, 0.6) is 0 Å². The summed E-state index contributed by atoms with van der Waals surface area (Å²) in [5.74, 6) is -0.720. The predicted molar refractivity (Wildman–Crippen MR) is 62.1 cm³/mol. The number of carbonyl (C=O) groups is 1. The van der Waals surface area contributed by atoms with Crippen LogP contribution in [0.15, 0.2) is 24.3 Å². The molecule has 1 aliphatic rings. The average Bonchev–Trinajstić information content (AvgIpc) is 2.18. The molecule has 1 amide bonds. The molecule has 2 rings (SSSR count). The van der Waals surface area contributed by atoms with Crippen LogP contribution in [-0.4, -0.2) is 41.1 Å². The molecule has 0 saturated carbocycles. The van der Waals surface area contributed by atoms with Crippen LogP contribution in [-0.2, 0) is 4.79 Å². The molecule has 1 fully saturated rings. The summed E-state index contributed by atoms with van der Waals surface area (Å²) in [6.45, 7) is 2.83. The number of carbonyl (C=O) groups excluding carboxylic acids is 1. The van der Waals surface area contributed by atoms with Crippen LogP contribution in [0.2, 0.25) is 0 Å². The second kappa shape index (κ2) is 4.43. The highest BCUT2D eigenvalue weighted by molar-refractivity contribution is 5.92. The normalized spacial score (nSPS) is 18.5. The van der Waals surface area contributed by atoms with Crippen molar-refractivity contribution in [3.8, 4) is 0 Å². The number of benzene rings is 1. The van der Waals surface area contributed by atoms with E-state index in [2.05, 4.69) is 5.32 Å². The summed E-state index contributed by atoms with van der Waals surface area (Å²) in [5, 5.41) is 12.0. The molecule has 2 N–H and O–H groups in total. The van der Waals surface area contributed by atoms with Crippen molar-refractivity contribution < 1.29 is 14.3 Å². The molecular weight excluding hydrogens is 223 g/mol. The molecule has 1 saturated heterocycles. The van der Waals surface area contributed by atoms with Gasteiger partial charge in [-0.2, -0.15) is 0 Å². The maximum absolute atomic E-state index is 13.2. The number of likely N-dealkylation sites (tertiary alicyclic amines) is 1. The highest BCUT2D eigenvalue weighted by atomic mass is 19.1. The Bertz CT molecular complexity index is 426. The molecule has 4 nitrogen and oxygen atoms in total. The van der Waals surface area contributed by atoms with E-state index in [4.69, 9.17) is 0 Å². The van der Waals surface area contributed by atoms with Crippen molar-refractivity contribution in [1.82, 2.24) is 4.90 Å². The zero-order valence-electron chi connectivity index (χ0n) is 9.61. The van der Waals surface area contributed by atoms with Gasteiger partial charge in [-0.25, -0.2) is 4.39 Å². The zero-order chi connectivity index (χ0) is 12.5. The fourth-order valence-electron chi connectivity index (χ4n) is 1.98. The number of para-hydroxylation sites is 1. The highest BCUT2D eigenvalue weighted by Crippen LogP contribution is 2.19. The number of aliphatic hydroxyl groups is 1. The molecule has 1 heterocycles. The number of rotatable bonds is 3. The number of nitrogens with zero attached hydrogens (tertiary/aromatic N) is 1. The molecule has 1 aromatic carbocycles. The Kier molecular flexibility index (Phi) is 3.13. The fraction of sp³-hybridized carbons (Fsp3) is 0.417. The van der Waals surface area contributed by atoms with E-state index < -0.39 is 11.4 Å². The van der Waals surface area contributed by atoms with Crippen molar-refractivity contribution in [2.75, 3.05) is 25.0 Å². The molecule has 5 heteroatoms. The summed E-state index contributed by atoms with van der Waals surface area (Å²) < 4.78 is 13.2. The first-order valence-electron chi connectivity index (χ1n) is 5.45. The monoisotopic (exact) mass is 238 g/mol. The number of amides is 1. The molecule has 92 valence electrons. The van der Waals surface area contributed by atoms with Crippen molar-refractivity contribution >= 4 is 11.6 Å². The van der Waals surface area contributed by atoms with Crippen LogP contribution in [0.4, 0.5) is 10.1 Å². The van der Waals surface area contributed by atoms with Gasteiger partial charge in [0.2, 0.25) is 5.91 Å². The van der Waals surface area contributed by atoms with E-state index in [1.165, 1.54) is 12.1 Å². The molecule has 0 unspecified atom stereocenters. The number of anilines is 1. The van der Waals surface area contributed by atoms with Crippen LogP contribution in [0.25, 0.3) is 0 Å². The van der Waals surface area contributed by atoms with E-state index in [0.29, 0.717) is 13.1 Å². The second-order valence-electron chi connectivity index (χ2n) is 4.67. The van der Waals surface area contributed by atoms with Gasteiger partial charge >= 0.3 is 0 Å². The average molecular weight is 238 g/mol. The van der Waals surface area contributed by atoms with Crippen LogP contribution in [0, 0.1) is 5.82 Å². The van der Waals surface area contributed by atoms with Crippen LogP contribution in [0.1, 0.15) is 6.92 Å². The standard InChI is InChI=1S/C12H15FN2O2/c1-12(17)7-15(8-12)6-11(16)14-10-5-3-2-4-9(10)13/h2-5,17H,6-8H2,1H3,(H,14,16). The third-order valence-electron chi connectivity index (χ3n) is 2.64. The summed E-state index contributed by atoms with van der Waals surface area (Å²) >= 11 is 0. The van der Waals surface area contributed by atoms with Gasteiger partial charge in [0.05, 0.1) is 17.8 Å². The smallest absolute Gasteiger partial charge is 0.238 e. The Hall–Kier alpha value is -1.46. The molecular formula is C12H15FN2O2. The number of hydrogen-bond acceptors (Lipinski definition) is 3. The third kappa shape index (κ3) is 3.01. The van der Waals surface area contributed by atoms with E-state index in [0.717, 1.165) is 0 Å². The van der Waals surface area contributed by atoms with E-state index >= 15 is 0 Å². The molecule has 1 aliphatic heterocycles. The van der Waals surface area contributed by atoms with Crippen molar-refractivity contribution in [3.63, 3.8) is 0 Å². The van der Waals surface area contributed by atoms with Gasteiger partial charge in [-0.3, -0.25) is 9.69 Å². The topological polar surface area (TPSA) is 52.6 Å². The Balaban J connectivity index is 1.85. The molecule has 0 aliphatic carbocycles. The van der Waals surface area contributed by atoms with Gasteiger partial charge in [0, 0.05) is 13.1 Å². The van der Waals surface area contributed by atoms with E-state index in [-0.39, 0.29) is 18.1 Å². The number of β-amino-alcohol motifs (C(OH)–C–C–N with tert-alkyl or cyclic N) is 1. The molecule has 17 heavy (non-hydrogen) atoms. The lowest BCUT2D eigenvalue weighted by Gasteiger charge is -2.43. The Labute approximate surface area is 99.0 Å². The van der Waals surface area contributed by atoms with Gasteiger partial charge in [0.15, 0.2) is 0 Å². The number of nitrogens with one attached hydrogen (secondary N) is 1. The summed E-state index contributed by atoms with van der Waals surface area (Å²) in [6.07, 6.45) is 0. The van der Waals surface area contributed by atoms with Gasteiger partial charge in [0.1, 0.15) is 5.82 Å². The van der Waals surface area contributed by atoms with Crippen LogP contribution >= 0.6 is 0 Å². The maximum atomic E-state index is 13.2. The third-order valence-corrected chi connectivity index (χ3v) is 2.64. The first kappa shape index (κ1) is 12.0. The molecule has 0 atom stereocenters. The Morgan fingerprint density at radius 3 is 2.76 bits per heavy atom. The second-order valence-corrected chi connectivity index (χ2v) is 4.67. The fourth-order valence-corrected chi connectivity index (χ4v) is 1.98. The lowest BCUT2D eigenvalue weighted by molar-refractivity contribution is -0.125. The van der Waals surface area contributed by atoms with E-state index in [1.807, 2.05) is 0 Å². The molecule has 0 bridgehead atoms. The van der Waals surface area contributed by atoms with Crippen molar-refractivity contribution in [2.45, 2.75) is 12.5 Å². The predicted octanol–water partition coefficient (Wildman–Crippen LogP) is 0.831. The van der Waals surface area contributed by atoms with Crippen molar-refractivity contribution in [3.05, 3.63) is 30.1 Å². The minimum Gasteiger partial charge on any atom is -0.388 e. The first-order valence-corrected chi connectivity index (χ1v) is 5.45. The Morgan fingerprint density at radius 2 is 2.18 bits per heavy atom. The van der Waals surface area contributed by atoms with Gasteiger partial charge in [-0.1, -0.05) is 12.1 Å². The van der Waals surface area contributed by atoms with E-state index in [9.17, 15) is 14.3 Å². The molecule has 0 aromatic heterocycles. The van der Waals surface area contributed by atoms with Crippen molar-refractivity contribution in [2.24, 2.45) is 0 Å². The maximum Gasteiger partial charge on any atom is 0.238 e. The highest BCUT2D eigenvalue weighted by Gasteiger charge is 2.37. The lowest BCUT2D eigenvalue weighted by atomic mass is 9.97. The number of hydrogen-bond donors (Lipinski definition) is 2. The SMILES string of the molecule is CC1(O)CN(CC(=O)Nc2ccccc2F)C1. The van der Waals surface area contributed by atoms with Gasteiger partial charge in [-0.05, 0) is 19.1 Å². The minimum absolute atomic E-state index is 0.171. The van der Waals surface area contributed by atoms with Crippen LogP contribution < -0.4 is 5.32 Å². The summed E-state index contributed by atoms with van der Waals surface area (Å²) in [7, 11) is 0. The van der Waals surface area contributed by atoms with Gasteiger partial charge < -0.3 is 10.4 Å². The molecule has 1 aromatic rings. The molecule has 0 spiro atoms. The number of halogens is 1. The molecule has 0 radical (unpaired) electrons. The zero-order valence-corrected chi connectivity index (χ0v) is 9.61. The Morgan fingerprint density at radius 1 is 1.53 bits per heavy atom.